The van der Waals surface area contributed by atoms with E-state index in [-0.39, 0.29) is 25.0 Å². The highest BCUT2D eigenvalue weighted by Gasteiger charge is 2.21. The minimum absolute atomic E-state index is 0.0984. The number of hydrogen-bond donors (Lipinski definition) is 1. The number of ketones is 1. The van der Waals surface area contributed by atoms with E-state index >= 15 is 0 Å². The van der Waals surface area contributed by atoms with E-state index in [2.05, 4.69) is 24.4 Å². The molecule has 1 aromatic carbocycles. The third-order valence-corrected chi connectivity index (χ3v) is 5.65. The molecule has 4 rings (SSSR count). The summed E-state index contributed by atoms with van der Waals surface area (Å²) in [5.74, 6) is 1.41. The molecule has 7 nitrogen and oxygen atoms in total. The van der Waals surface area contributed by atoms with Gasteiger partial charge in [-0.3, -0.25) is 14.5 Å². The summed E-state index contributed by atoms with van der Waals surface area (Å²) in [6.45, 7) is 4.87. The number of fused-ring (bicyclic) bond motifs is 1. The molecule has 1 N–H and O–H groups in total. The number of carbonyl (C=O) groups excluding carboxylic acids is 2. The average molecular weight is 426 g/mol. The largest absolute Gasteiger partial charge is 0.468 e. The number of nitrogens with one attached hydrogen (secondary N) is 1. The van der Waals surface area contributed by atoms with Crippen LogP contribution in [0.4, 0.5) is 5.69 Å². The number of aryl methyl sites for hydroxylation is 1. The molecule has 0 atom stereocenters. The summed E-state index contributed by atoms with van der Waals surface area (Å²) in [5, 5.41) is 2.86. The highest BCUT2D eigenvalue weighted by atomic mass is 32.1. The Hall–Kier alpha value is -3.10. The first-order valence-corrected chi connectivity index (χ1v) is 10.3. The van der Waals surface area contributed by atoms with Crippen molar-refractivity contribution in [2.45, 2.75) is 26.9 Å². The maximum atomic E-state index is 12.9. The summed E-state index contributed by atoms with van der Waals surface area (Å²) < 4.78 is 16.2. The zero-order valence-corrected chi connectivity index (χ0v) is 17.6. The predicted molar refractivity (Wildman–Crippen MR) is 113 cm³/mol. The molecule has 0 saturated heterocycles. The minimum atomic E-state index is -0.226. The number of thiophene rings is 1. The van der Waals surface area contributed by atoms with Crippen molar-refractivity contribution in [3.05, 3.63) is 63.7 Å². The van der Waals surface area contributed by atoms with Gasteiger partial charge in [0.05, 0.1) is 25.0 Å². The first-order chi connectivity index (χ1) is 14.5. The molecule has 156 valence electrons. The van der Waals surface area contributed by atoms with Crippen LogP contribution in [0.25, 0.3) is 0 Å². The number of amides is 1. The lowest BCUT2D eigenvalue weighted by molar-refractivity contribution is -0.117. The molecular weight excluding hydrogens is 404 g/mol. The lowest BCUT2D eigenvalue weighted by Crippen LogP contribution is -2.32. The maximum Gasteiger partial charge on any atom is 0.238 e. The fourth-order valence-corrected chi connectivity index (χ4v) is 4.24. The van der Waals surface area contributed by atoms with E-state index in [9.17, 15) is 9.59 Å². The summed E-state index contributed by atoms with van der Waals surface area (Å²) in [5.41, 5.74) is 0.806. The number of hydrogen-bond acceptors (Lipinski definition) is 7. The van der Waals surface area contributed by atoms with E-state index in [1.165, 1.54) is 16.7 Å². The molecule has 0 fully saturated rings. The Morgan fingerprint density at radius 1 is 1.13 bits per heavy atom. The van der Waals surface area contributed by atoms with Gasteiger partial charge in [0.25, 0.3) is 0 Å². The van der Waals surface area contributed by atoms with Gasteiger partial charge in [-0.25, -0.2) is 0 Å². The molecule has 2 aromatic heterocycles. The average Bonchev–Trinajstić information content (AvgIpc) is 3.43. The van der Waals surface area contributed by atoms with Crippen LogP contribution >= 0.6 is 11.3 Å². The highest BCUT2D eigenvalue weighted by Crippen LogP contribution is 2.37. The molecule has 3 heterocycles. The Bertz CT molecular complexity index is 1060. The summed E-state index contributed by atoms with van der Waals surface area (Å²) in [7, 11) is 0. The highest BCUT2D eigenvalue weighted by molar-refractivity contribution is 7.11. The van der Waals surface area contributed by atoms with Crippen LogP contribution in [0.15, 0.2) is 47.1 Å². The van der Waals surface area contributed by atoms with Crippen molar-refractivity contribution in [3.8, 4) is 11.5 Å². The minimum Gasteiger partial charge on any atom is -0.468 e. The molecular formula is C22H22N2O5S. The van der Waals surface area contributed by atoms with E-state index < -0.39 is 0 Å². The summed E-state index contributed by atoms with van der Waals surface area (Å²) in [6, 6.07) is 11.1. The first kappa shape index (κ1) is 20.2. The zero-order valence-electron chi connectivity index (χ0n) is 16.8. The van der Waals surface area contributed by atoms with Gasteiger partial charge in [-0.15, -0.1) is 11.3 Å². The second-order valence-electron chi connectivity index (χ2n) is 7.09. The number of carbonyl (C=O) groups is 2. The number of furan rings is 1. The summed E-state index contributed by atoms with van der Waals surface area (Å²) in [4.78, 5) is 29.3. The third kappa shape index (κ3) is 4.72. The van der Waals surface area contributed by atoms with Gasteiger partial charge in [-0.2, -0.15) is 0 Å². The van der Waals surface area contributed by atoms with E-state index in [1.54, 1.807) is 29.7 Å². The number of Topliss-reactive ketones (excluding diaryl/α,β-unsaturated/α-hetero) is 1. The smallest absolute Gasteiger partial charge is 0.238 e. The number of ether oxygens (including phenoxy) is 2. The lowest BCUT2D eigenvalue weighted by Gasteiger charge is -2.20. The van der Waals surface area contributed by atoms with E-state index in [1.807, 2.05) is 17.0 Å². The fourth-order valence-electron chi connectivity index (χ4n) is 3.31. The van der Waals surface area contributed by atoms with Crippen LogP contribution in [0.3, 0.4) is 0 Å². The van der Waals surface area contributed by atoms with Crippen molar-refractivity contribution < 1.29 is 23.5 Å². The molecule has 0 saturated carbocycles. The Kier molecular flexibility index (Phi) is 5.87. The second kappa shape index (κ2) is 8.73. The normalized spacial score (nSPS) is 12.4. The molecule has 3 aromatic rings. The number of rotatable bonds is 8. The molecule has 0 spiro atoms. The van der Waals surface area contributed by atoms with Gasteiger partial charge in [0.1, 0.15) is 5.76 Å². The van der Waals surface area contributed by atoms with Crippen molar-refractivity contribution in [2.24, 2.45) is 0 Å². The van der Waals surface area contributed by atoms with Gasteiger partial charge in [-0.05, 0) is 44.2 Å². The molecule has 0 unspecified atom stereocenters. The zero-order chi connectivity index (χ0) is 21.1. The molecule has 0 aliphatic carbocycles. The van der Waals surface area contributed by atoms with Crippen molar-refractivity contribution in [1.29, 1.82) is 0 Å². The molecule has 0 radical (unpaired) electrons. The van der Waals surface area contributed by atoms with Crippen LogP contribution in [-0.4, -0.2) is 29.9 Å². The maximum absolute atomic E-state index is 12.9. The predicted octanol–water partition coefficient (Wildman–Crippen LogP) is 4.22. The standard InChI is InChI=1S/C22H22N2O5S/c1-14-5-6-17(30-14)11-24(10-16-4-3-7-27-16)12-22(26)23-19-9-21-20(28-13-29-21)8-18(19)15(2)25/h3-9H,10-13H2,1-2H3,(H,23,26). The number of anilines is 1. The Labute approximate surface area is 178 Å². The monoisotopic (exact) mass is 426 g/mol. The third-order valence-electron chi connectivity index (χ3n) is 4.67. The van der Waals surface area contributed by atoms with Crippen LogP contribution in [0, 0.1) is 6.92 Å². The van der Waals surface area contributed by atoms with Gasteiger partial charge in [0, 0.05) is 27.9 Å². The molecule has 1 aliphatic heterocycles. The van der Waals surface area contributed by atoms with Crippen LogP contribution in [0.5, 0.6) is 11.5 Å². The van der Waals surface area contributed by atoms with Crippen LogP contribution < -0.4 is 14.8 Å². The van der Waals surface area contributed by atoms with Crippen molar-refractivity contribution in [1.82, 2.24) is 4.90 Å². The van der Waals surface area contributed by atoms with Gasteiger partial charge in [0.15, 0.2) is 17.3 Å². The number of nitrogens with zero attached hydrogens (tertiary/aromatic N) is 1. The van der Waals surface area contributed by atoms with E-state index in [0.717, 1.165) is 5.76 Å². The lowest BCUT2D eigenvalue weighted by atomic mass is 10.1. The molecule has 8 heteroatoms. The second-order valence-corrected chi connectivity index (χ2v) is 8.46. The summed E-state index contributed by atoms with van der Waals surface area (Å²) in [6.07, 6.45) is 1.62. The molecule has 0 bridgehead atoms. The Balaban J connectivity index is 1.50. The molecule has 1 amide bonds. The quantitative estimate of drug-likeness (QED) is 0.543. The number of benzene rings is 1. The first-order valence-electron chi connectivity index (χ1n) is 9.52. The topological polar surface area (TPSA) is 81.0 Å². The molecule has 30 heavy (non-hydrogen) atoms. The van der Waals surface area contributed by atoms with Gasteiger partial charge in [0.2, 0.25) is 12.7 Å². The van der Waals surface area contributed by atoms with Crippen LogP contribution in [-0.2, 0) is 17.9 Å². The van der Waals surface area contributed by atoms with Crippen LogP contribution in [0.1, 0.15) is 32.8 Å². The van der Waals surface area contributed by atoms with Gasteiger partial charge in [-0.1, -0.05) is 0 Å². The molecule has 1 aliphatic rings. The fraction of sp³-hybridized carbons (Fsp3) is 0.273. The van der Waals surface area contributed by atoms with E-state index in [4.69, 9.17) is 13.9 Å². The Morgan fingerprint density at radius 3 is 2.60 bits per heavy atom. The van der Waals surface area contributed by atoms with Crippen molar-refractivity contribution in [3.63, 3.8) is 0 Å². The van der Waals surface area contributed by atoms with Crippen molar-refractivity contribution in [2.75, 3.05) is 18.7 Å². The van der Waals surface area contributed by atoms with E-state index in [0.29, 0.717) is 35.8 Å². The van der Waals surface area contributed by atoms with Gasteiger partial charge >= 0.3 is 0 Å². The van der Waals surface area contributed by atoms with Gasteiger partial charge < -0.3 is 19.2 Å². The van der Waals surface area contributed by atoms with Crippen molar-refractivity contribution >= 4 is 28.7 Å². The Morgan fingerprint density at radius 2 is 1.93 bits per heavy atom. The van der Waals surface area contributed by atoms with Crippen LogP contribution in [0.2, 0.25) is 0 Å². The summed E-state index contributed by atoms with van der Waals surface area (Å²) >= 11 is 1.70. The SMILES string of the molecule is CC(=O)c1cc2c(cc1NC(=O)CN(Cc1ccco1)Cc1ccc(C)s1)OCO2.